The number of para-hydroxylation sites is 1. The molecule has 0 aliphatic rings. The Balaban J connectivity index is 0.00000312. The maximum Gasteiger partial charge on any atom is 0.191 e. The molecule has 0 bridgehead atoms. The quantitative estimate of drug-likeness (QED) is 0.276. The first-order chi connectivity index (χ1) is 11.8. The summed E-state index contributed by atoms with van der Waals surface area (Å²) in [6.45, 7) is 4.24. The van der Waals surface area contributed by atoms with Crippen LogP contribution in [0.25, 0.3) is 0 Å². The molecule has 0 unspecified atom stereocenters. The Labute approximate surface area is 165 Å². The van der Waals surface area contributed by atoms with Crippen LogP contribution in [0.4, 0.5) is 4.39 Å². The summed E-state index contributed by atoms with van der Waals surface area (Å²) in [7, 11) is 0. The van der Waals surface area contributed by atoms with Crippen molar-refractivity contribution in [3.63, 3.8) is 0 Å². The van der Waals surface area contributed by atoms with Gasteiger partial charge < -0.3 is 15.4 Å². The van der Waals surface area contributed by atoms with Gasteiger partial charge in [0.1, 0.15) is 11.6 Å². The van der Waals surface area contributed by atoms with Crippen LogP contribution in [0.5, 0.6) is 5.75 Å². The molecule has 1 heterocycles. The summed E-state index contributed by atoms with van der Waals surface area (Å²) < 4.78 is 19.2. The first kappa shape index (κ1) is 21.1. The number of ether oxygens (including phenoxy) is 1. The summed E-state index contributed by atoms with van der Waals surface area (Å²) in [5.74, 6) is 1.17. The van der Waals surface area contributed by atoms with Gasteiger partial charge in [0.2, 0.25) is 0 Å². The van der Waals surface area contributed by atoms with E-state index in [1.54, 1.807) is 12.3 Å². The number of nitrogens with zero attached hydrogens (tertiary/aromatic N) is 2. The van der Waals surface area contributed by atoms with E-state index >= 15 is 0 Å². The summed E-state index contributed by atoms with van der Waals surface area (Å²) in [5, 5.41) is 6.33. The average molecular weight is 458 g/mol. The van der Waals surface area contributed by atoms with Crippen LogP contribution in [0.2, 0.25) is 0 Å². The van der Waals surface area contributed by atoms with Gasteiger partial charge in [-0.2, -0.15) is 0 Å². The Morgan fingerprint density at radius 3 is 2.68 bits per heavy atom. The van der Waals surface area contributed by atoms with Crippen LogP contribution in [0.1, 0.15) is 19.0 Å². The minimum atomic E-state index is -0.339. The predicted octanol–water partition coefficient (Wildman–Crippen LogP) is 3.36. The fraction of sp³-hybridized carbons (Fsp3) is 0.333. The number of hydrogen-bond donors (Lipinski definition) is 2. The SMILES string of the molecule is CCNC(=NCc1ncccc1F)NCCCOc1ccccc1.I. The van der Waals surface area contributed by atoms with Gasteiger partial charge in [0, 0.05) is 19.3 Å². The monoisotopic (exact) mass is 458 g/mol. The number of rotatable bonds is 8. The zero-order valence-electron chi connectivity index (χ0n) is 14.2. The van der Waals surface area contributed by atoms with Crippen molar-refractivity contribution in [2.24, 2.45) is 4.99 Å². The normalized spacial score (nSPS) is 10.7. The van der Waals surface area contributed by atoms with Gasteiger partial charge in [0.05, 0.1) is 18.8 Å². The van der Waals surface area contributed by atoms with E-state index in [0.29, 0.717) is 24.8 Å². The van der Waals surface area contributed by atoms with Crippen LogP contribution in [0.15, 0.2) is 53.7 Å². The topological polar surface area (TPSA) is 58.5 Å². The molecule has 7 heteroatoms. The van der Waals surface area contributed by atoms with Crippen LogP contribution < -0.4 is 15.4 Å². The molecule has 1 aromatic heterocycles. The number of halogens is 2. The van der Waals surface area contributed by atoms with E-state index in [9.17, 15) is 4.39 Å². The third kappa shape index (κ3) is 8.15. The molecular formula is C18H24FIN4O. The molecule has 0 saturated heterocycles. The van der Waals surface area contributed by atoms with Crippen LogP contribution in [-0.4, -0.2) is 30.6 Å². The van der Waals surface area contributed by atoms with Gasteiger partial charge in [-0.1, -0.05) is 18.2 Å². The van der Waals surface area contributed by atoms with Crippen molar-refractivity contribution in [3.8, 4) is 5.75 Å². The Kier molecular flexibility index (Phi) is 10.5. The minimum absolute atomic E-state index is 0. The van der Waals surface area contributed by atoms with Gasteiger partial charge in [0.15, 0.2) is 5.96 Å². The largest absolute Gasteiger partial charge is 0.494 e. The van der Waals surface area contributed by atoms with E-state index in [0.717, 1.165) is 18.7 Å². The van der Waals surface area contributed by atoms with Gasteiger partial charge in [0.25, 0.3) is 0 Å². The number of nitrogens with one attached hydrogen (secondary N) is 2. The maximum absolute atomic E-state index is 13.6. The van der Waals surface area contributed by atoms with Gasteiger partial charge in [-0.25, -0.2) is 9.38 Å². The standard InChI is InChI=1S/C18H23FN4O.HI/c1-2-20-18(23-14-17-16(19)10-6-11-21-17)22-12-7-13-24-15-8-4-3-5-9-15;/h3-6,8-11H,2,7,12-14H2,1H3,(H2,20,22,23);1H. The zero-order chi connectivity index (χ0) is 17.0. The third-order valence-corrected chi connectivity index (χ3v) is 3.19. The molecular weight excluding hydrogens is 434 g/mol. The summed E-state index contributed by atoms with van der Waals surface area (Å²) >= 11 is 0. The highest BCUT2D eigenvalue weighted by Crippen LogP contribution is 2.08. The molecule has 2 N–H and O–H groups in total. The molecule has 0 amide bonds. The number of aliphatic imine (C=N–C) groups is 1. The molecule has 25 heavy (non-hydrogen) atoms. The smallest absolute Gasteiger partial charge is 0.191 e. The number of guanidine groups is 1. The van der Waals surface area contributed by atoms with Crippen molar-refractivity contribution < 1.29 is 9.13 Å². The highest BCUT2D eigenvalue weighted by Gasteiger charge is 2.02. The van der Waals surface area contributed by atoms with Crippen molar-refractivity contribution in [1.29, 1.82) is 0 Å². The second-order valence-electron chi connectivity index (χ2n) is 5.07. The van der Waals surface area contributed by atoms with E-state index < -0.39 is 0 Å². The summed E-state index contributed by atoms with van der Waals surface area (Å²) in [6, 6.07) is 12.7. The molecule has 0 atom stereocenters. The van der Waals surface area contributed by atoms with E-state index in [2.05, 4.69) is 20.6 Å². The third-order valence-electron chi connectivity index (χ3n) is 3.19. The molecule has 0 saturated carbocycles. The van der Waals surface area contributed by atoms with Gasteiger partial charge in [-0.05, 0) is 37.6 Å². The fourth-order valence-corrected chi connectivity index (χ4v) is 2.02. The lowest BCUT2D eigenvalue weighted by atomic mass is 10.3. The van der Waals surface area contributed by atoms with Gasteiger partial charge in [-0.15, -0.1) is 24.0 Å². The summed E-state index contributed by atoms with van der Waals surface area (Å²) in [6.07, 6.45) is 2.40. The van der Waals surface area contributed by atoms with E-state index in [1.165, 1.54) is 6.07 Å². The molecule has 5 nitrogen and oxygen atoms in total. The molecule has 0 aliphatic carbocycles. The Morgan fingerprint density at radius 2 is 1.96 bits per heavy atom. The van der Waals surface area contributed by atoms with Crippen LogP contribution in [0, 0.1) is 5.82 Å². The van der Waals surface area contributed by atoms with Crippen LogP contribution in [-0.2, 0) is 6.54 Å². The van der Waals surface area contributed by atoms with Gasteiger partial charge >= 0.3 is 0 Å². The van der Waals surface area contributed by atoms with Gasteiger partial charge in [-0.3, -0.25) is 4.98 Å². The zero-order valence-corrected chi connectivity index (χ0v) is 16.6. The average Bonchev–Trinajstić information content (AvgIpc) is 2.61. The van der Waals surface area contributed by atoms with E-state index in [1.807, 2.05) is 37.3 Å². The van der Waals surface area contributed by atoms with Crippen LogP contribution >= 0.6 is 24.0 Å². The lowest BCUT2D eigenvalue weighted by Crippen LogP contribution is -2.38. The Bertz CT molecular complexity index is 640. The molecule has 0 spiro atoms. The lowest BCUT2D eigenvalue weighted by Gasteiger charge is -2.11. The second kappa shape index (κ2) is 12.5. The lowest BCUT2D eigenvalue weighted by molar-refractivity contribution is 0.311. The highest BCUT2D eigenvalue weighted by molar-refractivity contribution is 14.0. The molecule has 2 rings (SSSR count). The molecule has 0 radical (unpaired) electrons. The van der Waals surface area contributed by atoms with Crippen LogP contribution in [0.3, 0.4) is 0 Å². The Morgan fingerprint density at radius 1 is 1.16 bits per heavy atom. The Hall–Kier alpha value is -1.90. The van der Waals surface area contributed by atoms with Crippen molar-refractivity contribution in [3.05, 3.63) is 60.2 Å². The maximum atomic E-state index is 13.6. The van der Waals surface area contributed by atoms with E-state index in [4.69, 9.17) is 4.74 Å². The van der Waals surface area contributed by atoms with Crippen molar-refractivity contribution in [1.82, 2.24) is 15.6 Å². The summed E-state index contributed by atoms with van der Waals surface area (Å²) in [4.78, 5) is 8.35. The van der Waals surface area contributed by atoms with Crippen molar-refractivity contribution in [2.45, 2.75) is 19.9 Å². The summed E-state index contributed by atoms with van der Waals surface area (Å²) in [5.41, 5.74) is 0.335. The van der Waals surface area contributed by atoms with Crippen molar-refractivity contribution in [2.75, 3.05) is 19.7 Å². The first-order valence-corrected chi connectivity index (χ1v) is 8.09. The van der Waals surface area contributed by atoms with E-state index in [-0.39, 0.29) is 36.3 Å². The number of aromatic nitrogens is 1. The fourth-order valence-electron chi connectivity index (χ4n) is 2.02. The molecule has 0 aliphatic heterocycles. The molecule has 136 valence electrons. The minimum Gasteiger partial charge on any atom is -0.494 e. The second-order valence-corrected chi connectivity index (χ2v) is 5.07. The van der Waals surface area contributed by atoms with Crippen molar-refractivity contribution >= 4 is 29.9 Å². The number of benzene rings is 1. The predicted molar refractivity (Wildman–Crippen MR) is 109 cm³/mol. The molecule has 2 aromatic rings. The highest BCUT2D eigenvalue weighted by atomic mass is 127. The number of pyridine rings is 1. The first-order valence-electron chi connectivity index (χ1n) is 8.09. The number of hydrogen-bond acceptors (Lipinski definition) is 3. The molecule has 0 fully saturated rings. The molecule has 1 aromatic carbocycles.